The van der Waals surface area contributed by atoms with Crippen LogP contribution in [0.1, 0.15) is 17.3 Å². The summed E-state index contributed by atoms with van der Waals surface area (Å²) in [5.74, 6) is -0.366. The third kappa shape index (κ3) is 4.08. The molecule has 0 atom stereocenters. The van der Waals surface area contributed by atoms with Crippen LogP contribution in [0.15, 0.2) is 56.7 Å². The van der Waals surface area contributed by atoms with Crippen molar-refractivity contribution in [2.45, 2.75) is 16.7 Å². The van der Waals surface area contributed by atoms with Crippen LogP contribution in [0, 0.1) is 10.1 Å². The Kier molecular flexibility index (Phi) is 5.57. The summed E-state index contributed by atoms with van der Waals surface area (Å²) in [5, 5.41) is 10.6. The number of halogens is 1. The molecule has 22 heavy (non-hydrogen) atoms. The van der Waals surface area contributed by atoms with E-state index in [1.165, 1.54) is 23.9 Å². The minimum atomic E-state index is -0.432. The first-order valence-electron chi connectivity index (χ1n) is 6.40. The number of carbonyl (C=O) groups is 1. The molecule has 0 unspecified atom stereocenters. The van der Waals surface area contributed by atoms with Gasteiger partial charge in [0.05, 0.1) is 17.1 Å². The molecule has 0 amide bonds. The SMILES string of the molecule is CCOC(=O)c1ccc(Sc2ccc([N+](=O)[O-])cc2)c(Br)c1. The van der Waals surface area contributed by atoms with Crippen molar-refractivity contribution in [3.8, 4) is 0 Å². The summed E-state index contributed by atoms with van der Waals surface area (Å²) in [6.07, 6.45) is 0. The summed E-state index contributed by atoms with van der Waals surface area (Å²) in [4.78, 5) is 23.6. The van der Waals surface area contributed by atoms with Gasteiger partial charge in [0.15, 0.2) is 0 Å². The Balaban J connectivity index is 2.16. The summed E-state index contributed by atoms with van der Waals surface area (Å²) in [7, 11) is 0. The molecule has 5 nitrogen and oxygen atoms in total. The number of non-ortho nitro benzene ring substituents is 1. The number of hydrogen-bond acceptors (Lipinski definition) is 5. The van der Waals surface area contributed by atoms with E-state index in [1.807, 2.05) is 6.07 Å². The van der Waals surface area contributed by atoms with Gasteiger partial charge in [-0.05, 0) is 53.2 Å². The van der Waals surface area contributed by atoms with Gasteiger partial charge < -0.3 is 4.74 Å². The molecular weight excluding hydrogens is 370 g/mol. The molecule has 7 heteroatoms. The van der Waals surface area contributed by atoms with Crippen LogP contribution >= 0.6 is 27.7 Å². The normalized spacial score (nSPS) is 10.3. The van der Waals surface area contributed by atoms with E-state index in [1.54, 1.807) is 31.2 Å². The van der Waals surface area contributed by atoms with Crippen LogP contribution in [0.25, 0.3) is 0 Å². The van der Waals surface area contributed by atoms with Crippen LogP contribution in [0.5, 0.6) is 0 Å². The lowest BCUT2D eigenvalue weighted by molar-refractivity contribution is -0.384. The first kappa shape index (κ1) is 16.5. The van der Waals surface area contributed by atoms with E-state index in [4.69, 9.17) is 4.74 Å². The maximum atomic E-state index is 11.7. The molecule has 0 saturated carbocycles. The van der Waals surface area contributed by atoms with E-state index in [0.717, 1.165) is 14.3 Å². The molecule has 2 aromatic rings. The highest BCUT2D eigenvalue weighted by Crippen LogP contribution is 2.34. The van der Waals surface area contributed by atoms with Crippen molar-refractivity contribution in [1.29, 1.82) is 0 Å². The third-order valence-electron chi connectivity index (χ3n) is 2.72. The van der Waals surface area contributed by atoms with Gasteiger partial charge >= 0.3 is 5.97 Å². The van der Waals surface area contributed by atoms with Gasteiger partial charge in [0.1, 0.15) is 0 Å². The second kappa shape index (κ2) is 7.42. The smallest absolute Gasteiger partial charge is 0.338 e. The number of esters is 1. The molecule has 0 bridgehead atoms. The lowest BCUT2D eigenvalue weighted by atomic mass is 10.2. The molecule has 0 spiro atoms. The van der Waals surface area contributed by atoms with E-state index >= 15 is 0 Å². The quantitative estimate of drug-likeness (QED) is 0.427. The topological polar surface area (TPSA) is 69.4 Å². The van der Waals surface area contributed by atoms with Crippen molar-refractivity contribution in [3.05, 3.63) is 62.6 Å². The lowest BCUT2D eigenvalue weighted by Gasteiger charge is -2.07. The maximum Gasteiger partial charge on any atom is 0.338 e. The summed E-state index contributed by atoms with van der Waals surface area (Å²) < 4.78 is 5.71. The fraction of sp³-hybridized carbons (Fsp3) is 0.133. The van der Waals surface area contributed by atoms with Crippen LogP contribution in [0.3, 0.4) is 0 Å². The number of nitro benzene ring substituents is 1. The molecule has 0 fully saturated rings. The predicted molar refractivity (Wildman–Crippen MR) is 87.3 cm³/mol. The van der Waals surface area contributed by atoms with Crippen LogP contribution < -0.4 is 0 Å². The third-order valence-corrected chi connectivity index (χ3v) is 4.72. The number of benzene rings is 2. The van der Waals surface area contributed by atoms with E-state index in [0.29, 0.717) is 12.2 Å². The van der Waals surface area contributed by atoms with Crippen molar-refractivity contribution in [2.75, 3.05) is 6.61 Å². The van der Waals surface area contributed by atoms with E-state index in [2.05, 4.69) is 15.9 Å². The summed E-state index contributed by atoms with van der Waals surface area (Å²) in [6, 6.07) is 11.5. The van der Waals surface area contributed by atoms with Gasteiger partial charge in [-0.15, -0.1) is 0 Å². The second-order valence-corrected chi connectivity index (χ2v) is 6.19. The van der Waals surface area contributed by atoms with Gasteiger partial charge in [-0.1, -0.05) is 11.8 Å². The Morgan fingerprint density at radius 3 is 2.50 bits per heavy atom. The zero-order valence-corrected chi connectivity index (χ0v) is 14.0. The zero-order valence-electron chi connectivity index (χ0n) is 11.6. The standard InChI is InChI=1S/C15H12BrNO4S/c1-2-21-15(18)10-3-8-14(13(16)9-10)22-12-6-4-11(5-7-12)17(19)20/h3-9H,2H2,1H3. The minimum Gasteiger partial charge on any atom is -0.462 e. The van der Waals surface area contributed by atoms with Crippen molar-refractivity contribution in [1.82, 2.24) is 0 Å². The average molecular weight is 382 g/mol. The van der Waals surface area contributed by atoms with Crippen LogP contribution in [-0.4, -0.2) is 17.5 Å². The van der Waals surface area contributed by atoms with Crippen molar-refractivity contribution >= 4 is 39.3 Å². The van der Waals surface area contributed by atoms with Crippen molar-refractivity contribution < 1.29 is 14.5 Å². The van der Waals surface area contributed by atoms with Crippen LogP contribution in [0.4, 0.5) is 5.69 Å². The Bertz CT molecular complexity index is 703. The van der Waals surface area contributed by atoms with E-state index in [9.17, 15) is 14.9 Å². The highest BCUT2D eigenvalue weighted by molar-refractivity contribution is 9.10. The van der Waals surface area contributed by atoms with Crippen molar-refractivity contribution in [3.63, 3.8) is 0 Å². The fourth-order valence-corrected chi connectivity index (χ4v) is 3.13. The fourth-order valence-electron chi connectivity index (χ4n) is 1.69. The molecule has 0 N–H and O–H groups in total. The van der Waals surface area contributed by atoms with Gasteiger partial charge in [0.25, 0.3) is 5.69 Å². The molecule has 0 aliphatic carbocycles. The Hall–Kier alpha value is -1.86. The lowest BCUT2D eigenvalue weighted by Crippen LogP contribution is -2.04. The molecule has 0 aliphatic rings. The summed E-state index contributed by atoms with van der Waals surface area (Å²) in [5.41, 5.74) is 0.530. The molecule has 0 aromatic heterocycles. The number of rotatable bonds is 5. The van der Waals surface area contributed by atoms with Crippen LogP contribution in [-0.2, 0) is 4.74 Å². The number of nitrogens with zero attached hydrogens (tertiary/aromatic N) is 1. The Morgan fingerprint density at radius 1 is 1.27 bits per heavy atom. The molecule has 114 valence electrons. The monoisotopic (exact) mass is 381 g/mol. The maximum absolute atomic E-state index is 11.7. The van der Waals surface area contributed by atoms with E-state index in [-0.39, 0.29) is 11.7 Å². The molecular formula is C15H12BrNO4S. The number of ether oxygens (including phenoxy) is 1. The predicted octanol–water partition coefficient (Wildman–Crippen LogP) is 4.69. The molecule has 0 aliphatic heterocycles. The minimum absolute atomic E-state index is 0.0566. The van der Waals surface area contributed by atoms with E-state index < -0.39 is 4.92 Å². The first-order valence-corrected chi connectivity index (χ1v) is 8.01. The number of hydrogen-bond donors (Lipinski definition) is 0. The highest BCUT2D eigenvalue weighted by atomic mass is 79.9. The van der Waals surface area contributed by atoms with Gasteiger partial charge in [-0.2, -0.15) is 0 Å². The average Bonchev–Trinajstić information content (AvgIpc) is 2.50. The van der Waals surface area contributed by atoms with Crippen molar-refractivity contribution in [2.24, 2.45) is 0 Å². The largest absolute Gasteiger partial charge is 0.462 e. The highest BCUT2D eigenvalue weighted by Gasteiger charge is 2.11. The van der Waals surface area contributed by atoms with Gasteiger partial charge in [0, 0.05) is 26.4 Å². The molecule has 2 aromatic carbocycles. The first-order chi connectivity index (χ1) is 10.5. The van der Waals surface area contributed by atoms with Gasteiger partial charge in [0.2, 0.25) is 0 Å². The summed E-state index contributed by atoms with van der Waals surface area (Å²) in [6.45, 7) is 2.08. The molecule has 0 heterocycles. The zero-order chi connectivity index (χ0) is 16.1. The molecule has 0 radical (unpaired) electrons. The second-order valence-electron chi connectivity index (χ2n) is 4.22. The Morgan fingerprint density at radius 2 is 1.95 bits per heavy atom. The van der Waals surface area contributed by atoms with Gasteiger partial charge in [-0.25, -0.2) is 4.79 Å². The Labute approximate surface area is 140 Å². The number of nitro groups is 1. The number of carbonyl (C=O) groups excluding carboxylic acids is 1. The molecule has 2 rings (SSSR count). The molecule has 0 saturated heterocycles. The van der Waals surface area contributed by atoms with Crippen LogP contribution in [0.2, 0.25) is 0 Å². The summed E-state index contributed by atoms with van der Waals surface area (Å²) >= 11 is 4.87. The van der Waals surface area contributed by atoms with Gasteiger partial charge in [-0.3, -0.25) is 10.1 Å².